The molecule has 0 radical (unpaired) electrons. The van der Waals surface area contributed by atoms with Crippen LogP contribution in [-0.4, -0.2) is 46.5 Å². The van der Waals surface area contributed by atoms with Crippen LogP contribution in [-0.2, 0) is 9.59 Å². The number of nitrogens with one attached hydrogen (secondary N) is 2. The Balaban J connectivity index is 1.76. The molecule has 1 spiro atoms. The van der Waals surface area contributed by atoms with E-state index in [0.717, 1.165) is 0 Å². The fourth-order valence-corrected chi connectivity index (χ4v) is 3.51. The Morgan fingerprint density at radius 2 is 1.96 bits per heavy atom. The van der Waals surface area contributed by atoms with Crippen molar-refractivity contribution in [3.8, 4) is 5.75 Å². The first-order chi connectivity index (χ1) is 12.6. The van der Waals surface area contributed by atoms with Crippen molar-refractivity contribution in [3.63, 3.8) is 0 Å². The van der Waals surface area contributed by atoms with E-state index in [1.54, 1.807) is 30.0 Å². The van der Waals surface area contributed by atoms with E-state index in [2.05, 4.69) is 10.6 Å². The van der Waals surface area contributed by atoms with E-state index in [9.17, 15) is 14.4 Å². The van der Waals surface area contributed by atoms with Crippen molar-refractivity contribution in [2.24, 2.45) is 0 Å². The van der Waals surface area contributed by atoms with Gasteiger partial charge in [0.2, 0.25) is 11.8 Å². The Morgan fingerprint density at radius 1 is 1.26 bits per heavy atom. The molecular weight excluding hydrogens is 346 g/mol. The number of hydrogen-bond donors (Lipinski definition) is 2. The summed E-state index contributed by atoms with van der Waals surface area (Å²) in [5.74, 6) is 0.0304. The van der Waals surface area contributed by atoms with Crippen LogP contribution in [0.3, 0.4) is 0 Å². The number of rotatable bonds is 2. The zero-order valence-electron chi connectivity index (χ0n) is 16.3. The lowest BCUT2D eigenvalue weighted by molar-refractivity contribution is -0.140. The van der Waals surface area contributed by atoms with Gasteiger partial charge < -0.3 is 20.3 Å². The van der Waals surface area contributed by atoms with Crippen molar-refractivity contribution in [1.82, 2.24) is 15.5 Å². The molecule has 0 aromatic heterocycles. The van der Waals surface area contributed by atoms with Gasteiger partial charge in [-0.1, -0.05) is 12.1 Å². The number of carbonyl (C=O) groups is 3. The van der Waals surface area contributed by atoms with Gasteiger partial charge in [0.15, 0.2) is 5.72 Å². The Hall–Kier alpha value is -2.57. The quantitative estimate of drug-likeness (QED) is 0.828. The summed E-state index contributed by atoms with van der Waals surface area (Å²) in [4.78, 5) is 39.2. The Morgan fingerprint density at radius 3 is 2.67 bits per heavy atom. The van der Waals surface area contributed by atoms with Crippen LogP contribution in [0.1, 0.15) is 57.3 Å². The lowest BCUT2D eigenvalue weighted by Gasteiger charge is -2.38. The molecule has 1 aromatic rings. The van der Waals surface area contributed by atoms with Crippen molar-refractivity contribution >= 4 is 17.7 Å². The molecule has 0 aliphatic carbocycles. The third-order valence-corrected chi connectivity index (χ3v) is 4.94. The topological polar surface area (TPSA) is 87.7 Å². The molecule has 1 fully saturated rings. The first-order valence-corrected chi connectivity index (χ1v) is 9.32. The van der Waals surface area contributed by atoms with Crippen LogP contribution in [0.25, 0.3) is 0 Å². The molecule has 2 N–H and O–H groups in total. The first kappa shape index (κ1) is 19.2. The highest BCUT2D eigenvalue weighted by Gasteiger charge is 2.43. The maximum atomic E-state index is 12.7. The number of fused-ring (bicyclic) bond motifs is 1. The lowest BCUT2D eigenvalue weighted by atomic mass is 10.0. The molecule has 3 amide bonds. The van der Waals surface area contributed by atoms with E-state index in [-0.39, 0.29) is 29.7 Å². The molecule has 0 unspecified atom stereocenters. The average Bonchev–Trinajstić information content (AvgIpc) is 2.73. The highest BCUT2D eigenvalue weighted by Crippen LogP contribution is 2.34. The summed E-state index contributed by atoms with van der Waals surface area (Å²) in [5, 5.41) is 5.85. The van der Waals surface area contributed by atoms with E-state index in [0.29, 0.717) is 30.7 Å². The molecule has 0 saturated carbocycles. The summed E-state index contributed by atoms with van der Waals surface area (Å²) < 4.78 is 6.12. The Bertz CT molecular complexity index is 771. The van der Waals surface area contributed by atoms with Gasteiger partial charge in [0.05, 0.1) is 5.56 Å². The van der Waals surface area contributed by atoms with Gasteiger partial charge in [-0.05, 0) is 39.8 Å². The molecule has 1 aromatic carbocycles. The molecule has 2 atom stereocenters. The molecule has 3 rings (SSSR count). The predicted octanol–water partition coefficient (Wildman–Crippen LogP) is 1.82. The number of para-hydroxylation sites is 1. The van der Waals surface area contributed by atoms with Gasteiger partial charge in [0.1, 0.15) is 11.8 Å². The minimum atomic E-state index is -0.921. The van der Waals surface area contributed by atoms with E-state index in [1.165, 1.54) is 0 Å². The maximum absolute atomic E-state index is 12.7. The summed E-state index contributed by atoms with van der Waals surface area (Å²) in [5.41, 5.74) is -0.796. The minimum absolute atomic E-state index is 0.111. The van der Waals surface area contributed by atoms with Gasteiger partial charge in [-0.2, -0.15) is 0 Å². The van der Waals surface area contributed by atoms with Crippen molar-refractivity contribution in [2.75, 3.05) is 6.54 Å². The van der Waals surface area contributed by atoms with Gasteiger partial charge in [-0.15, -0.1) is 0 Å². The Kier molecular flexibility index (Phi) is 4.88. The summed E-state index contributed by atoms with van der Waals surface area (Å²) in [6.45, 7) is 7.77. The zero-order chi connectivity index (χ0) is 19.8. The number of nitrogens with zero attached hydrogens (tertiary/aromatic N) is 1. The monoisotopic (exact) mass is 373 g/mol. The smallest absolute Gasteiger partial charge is 0.258 e. The zero-order valence-corrected chi connectivity index (χ0v) is 16.3. The maximum Gasteiger partial charge on any atom is 0.258 e. The van der Waals surface area contributed by atoms with Crippen molar-refractivity contribution in [1.29, 1.82) is 0 Å². The van der Waals surface area contributed by atoms with Gasteiger partial charge >= 0.3 is 0 Å². The normalized spacial score (nSPS) is 23.8. The standard InChI is InChI=1S/C20H27N3O4/c1-13(17(25)21-19(2,3)4)23-12-11-20(10-9-16(23)24)22-18(26)14-7-5-6-8-15(14)27-20/h5-8,13H,9-12H2,1-4H3,(H,21,25)(H,22,26)/t13-,20+/m0/s1. The molecule has 2 heterocycles. The second-order valence-electron chi connectivity index (χ2n) is 8.30. The van der Waals surface area contributed by atoms with E-state index in [1.807, 2.05) is 26.8 Å². The fourth-order valence-electron chi connectivity index (χ4n) is 3.51. The summed E-state index contributed by atoms with van der Waals surface area (Å²) in [6, 6.07) is 6.49. The predicted molar refractivity (Wildman–Crippen MR) is 100 cm³/mol. The third kappa shape index (κ3) is 4.07. The van der Waals surface area contributed by atoms with Crippen LogP contribution in [0.2, 0.25) is 0 Å². The van der Waals surface area contributed by atoms with Gasteiger partial charge in [0, 0.05) is 31.3 Å². The fraction of sp³-hybridized carbons (Fsp3) is 0.550. The third-order valence-electron chi connectivity index (χ3n) is 4.94. The van der Waals surface area contributed by atoms with Crippen LogP contribution in [0.5, 0.6) is 5.75 Å². The number of ether oxygens (including phenoxy) is 1. The summed E-state index contributed by atoms with van der Waals surface area (Å²) in [7, 11) is 0. The van der Waals surface area contributed by atoms with Crippen molar-refractivity contribution < 1.29 is 19.1 Å². The van der Waals surface area contributed by atoms with Crippen LogP contribution < -0.4 is 15.4 Å². The number of carbonyl (C=O) groups excluding carboxylic acids is 3. The van der Waals surface area contributed by atoms with Crippen molar-refractivity contribution in [3.05, 3.63) is 29.8 Å². The SMILES string of the molecule is C[C@@H](C(=O)NC(C)(C)C)N1CC[C@]2(CCC1=O)NC(=O)c1ccccc1O2. The average molecular weight is 373 g/mol. The molecule has 2 aliphatic heterocycles. The number of amides is 3. The molecule has 0 bridgehead atoms. The Labute approximate surface area is 159 Å². The first-order valence-electron chi connectivity index (χ1n) is 9.32. The van der Waals surface area contributed by atoms with E-state index >= 15 is 0 Å². The molecular formula is C20H27N3O4. The minimum Gasteiger partial charge on any atom is -0.467 e. The van der Waals surface area contributed by atoms with Gasteiger partial charge in [0.25, 0.3) is 5.91 Å². The van der Waals surface area contributed by atoms with Gasteiger partial charge in [-0.25, -0.2) is 0 Å². The molecule has 146 valence electrons. The molecule has 7 heteroatoms. The molecule has 27 heavy (non-hydrogen) atoms. The van der Waals surface area contributed by atoms with E-state index in [4.69, 9.17) is 4.74 Å². The number of hydrogen-bond acceptors (Lipinski definition) is 4. The lowest BCUT2D eigenvalue weighted by Crippen LogP contribution is -2.57. The van der Waals surface area contributed by atoms with Crippen LogP contribution in [0.15, 0.2) is 24.3 Å². The summed E-state index contributed by atoms with van der Waals surface area (Å²) >= 11 is 0. The molecule has 2 aliphatic rings. The highest BCUT2D eigenvalue weighted by molar-refractivity contribution is 5.98. The highest BCUT2D eigenvalue weighted by atomic mass is 16.5. The number of likely N-dealkylation sites (tertiary alicyclic amines) is 1. The van der Waals surface area contributed by atoms with Crippen molar-refractivity contribution in [2.45, 2.75) is 64.3 Å². The van der Waals surface area contributed by atoms with Gasteiger partial charge in [-0.3, -0.25) is 14.4 Å². The summed E-state index contributed by atoms with van der Waals surface area (Å²) in [6.07, 6.45) is 0.998. The van der Waals surface area contributed by atoms with E-state index < -0.39 is 11.8 Å². The number of benzene rings is 1. The van der Waals surface area contributed by atoms with Crippen LogP contribution >= 0.6 is 0 Å². The second kappa shape index (κ2) is 6.87. The second-order valence-corrected chi connectivity index (χ2v) is 8.30. The molecule has 1 saturated heterocycles. The van der Waals surface area contributed by atoms with Crippen LogP contribution in [0, 0.1) is 0 Å². The largest absolute Gasteiger partial charge is 0.467 e. The van der Waals surface area contributed by atoms with Crippen LogP contribution in [0.4, 0.5) is 0 Å². The molecule has 7 nitrogen and oxygen atoms in total.